The van der Waals surface area contributed by atoms with Crippen LogP contribution < -0.4 is 10.1 Å². The first-order valence-corrected chi connectivity index (χ1v) is 8.03. The molecule has 0 bridgehead atoms. The normalized spacial score (nSPS) is 10.3. The Hall–Kier alpha value is -1.53. The van der Waals surface area contributed by atoms with Gasteiger partial charge in [-0.25, -0.2) is 4.98 Å². The SMILES string of the molecule is COc1cccc(NC(=O)CCSc2nc(C)cs2)c1. The molecule has 1 aromatic heterocycles. The van der Waals surface area contributed by atoms with E-state index in [1.54, 1.807) is 36.3 Å². The van der Waals surface area contributed by atoms with Crippen LogP contribution in [0.25, 0.3) is 0 Å². The lowest BCUT2D eigenvalue weighted by atomic mass is 10.3. The number of anilines is 1. The molecule has 0 saturated carbocycles. The Bertz CT molecular complexity index is 584. The summed E-state index contributed by atoms with van der Waals surface area (Å²) in [5, 5.41) is 4.87. The van der Waals surface area contributed by atoms with Gasteiger partial charge in [-0.05, 0) is 19.1 Å². The van der Waals surface area contributed by atoms with E-state index in [1.165, 1.54) is 0 Å². The van der Waals surface area contributed by atoms with E-state index in [9.17, 15) is 4.79 Å². The van der Waals surface area contributed by atoms with E-state index in [2.05, 4.69) is 10.3 Å². The van der Waals surface area contributed by atoms with Gasteiger partial charge in [0.25, 0.3) is 0 Å². The van der Waals surface area contributed by atoms with Gasteiger partial charge in [-0.3, -0.25) is 4.79 Å². The lowest BCUT2D eigenvalue weighted by Gasteiger charge is -2.06. The first-order chi connectivity index (χ1) is 9.67. The molecule has 0 radical (unpaired) electrons. The predicted octanol–water partition coefficient (Wildman–Crippen LogP) is 3.58. The number of ether oxygens (including phenoxy) is 1. The molecule has 0 spiro atoms. The number of aromatic nitrogens is 1. The number of thioether (sulfide) groups is 1. The molecule has 106 valence electrons. The molecule has 1 heterocycles. The minimum Gasteiger partial charge on any atom is -0.497 e. The maximum absolute atomic E-state index is 11.8. The van der Waals surface area contributed by atoms with Gasteiger partial charge in [0.1, 0.15) is 10.1 Å². The van der Waals surface area contributed by atoms with Crippen LogP contribution in [-0.2, 0) is 4.79 Å². The molecule has 0 fully saturated rings. The van der Waals surface area contributed by atoms with E-state index in [0.29, 0.717) is 6.42 Å². The average Bonchev–Trinajstić information content (AvgIpc) is 2.84. The van der Waals surface area contributed by atoms with Gasteiger partial charge >= 0.3 is 0 Å². The summed E-state index contributed by atoms with van der Waals surface area (Å²) in [6.45, 7) is 1.97. The lowest BCUT2D eigenvalue weighted by Crippen LogP contribution is -2.12. The van der Waals surface area contributed by atoms with Crippen molar-refractivity contribution in [2.24, 2.45) is 0 Å². The molecule has 4 nitrogen and oxygen atoms in total. The third-order valence-electron chi connectivity index (χ3n) is 2.51. The number of thiazole rings is 1. The Morgan fingerprint density at radius 2 is 2.35 bits per heavy atom. The number of nitrogens with zero attached hydrogens (tertiary/aromatic N) is 1. The fourth-order valence-electron chi connectivity index (χ4n) is 1.55. The summed E-state index contributed by atoms with van der Waals surface area (Å²) in [7, 11) is 1.60. The van der Waals surface area contributed by atoms with Crippen LogP contribution in [0.5, 0.6) is 5.75 Å². The topological polar surface area (TPSA) is 51.2 Å². The fourth-order valence-corrected chi connectivity index (χ4v) is 3.41. The number of benzene rings is 1. The van der Waals surface area contributed by atoms with Crippen molar-refractivity contribution in [3.8, 4) is 5.75 Å². The maximum Gasteiger partial charge on any atom is 0.225 e. The summed E-state index contributed by atoms with van der Waals surface area (Å²) >= 11 is 3.22. The molecule has 2 rings (SSSR count). The van der Waals surface area contributed by atoms with Crippen LogP contribution in [0.1, 0.15) is 12.1 Å². The minimum atomic E-state index is -0.000897. The first kappa shape index (κ1) is 14.9. The molecule has 0 atom stereocenters. The molecular weight excluding hydrogens is 292 g/mol. The standard InChI is InChI=1S/C14H16N2O2S2/c1-10-9-20-14(15-10)19-7-6-13(17)16-11-4-3-5-12(8-11)18-2/h3-5,8-9H,6-7H2,1-2H3,(H,16,17). The highest BCUT2D eigenvalue weighted by molar-refractivity contribution is 8.01. The number of methoxy groups -OCH3 is 1. The van der Waals surface area contributed by atoms with Gasteiger partial charge in [0.15, 0.2) is 0 Å². The van der Waals surface area contributed by atoms with Crippen LogP contribution >= 0.6 is 23.1 Å². The second-order valence-electron chi connectivity index (χ2n) is 4.13. The number of rotatable bonds is 6. The van der Waals surface area contributed by atoms with Gasteiger partial charge in [-0.1, -0.05) is 17.8 Å². The highest BCUT2D eigenvalue weighted by Crippen LogP contribution is 2.23. The molecule has 1 aromatic carbocycles. The molecule has 1 N–H and O–H groups in total. The maximum atomic E-state index is 11.8. The third kappa shape index (κ3) is 4.54. The second kappa shape index (κ2) is 7.31. The summed E-state index contributed by atoms with van der Waals surface area (Å²) in [6, 6.07) is 7.34. The molecule has 0 saturated heterocycles. The van der Waals surface area contributed by atoms with E-state index < -0.39 is 0 Å². The summed E-state index contributed by atoms with van der Waals surface area (Å²) in [4.78, 5) is 16.2. The van der Waals surface area contributed by atoms with Crippen molar-refractivity contribution in [3.05, 3.63) is 35.3 Å². The Balaban J connectivity index is 1.77. The zero-order valence-corrected chi connectivity index (χ0v) is 13.0. The number of nitrogens with one attached hydrogen (secondary N) is 1. The summed E-state index contributed by atoms with van der Waals surface area (Å²) < 4.78 is 6.13. The number of carbonyl (C=O) groups excluding carboxylic acids is 1. The molecule has 0 aliphatic rings. The largest absolute Gasteiger partial charge is 0.497 e. The van der Waals surface area contributed by atoms with Crippen LogP contribution in [0, 0.1) is 6.92 Å². The van der Waals surface area contributed by atoms with E-state index in [-0.39, 0.29) is 5.91 Å². The number of aryl methyl sites for hydroxylation is 1. The van der Waals surface area contributed by atoms with Crippen LogP contribution in [0.4, 0.5) is 5.69 Å². The molecule has 6 heteroatoms. The summed E-state index contributed by atoms with van der Waals surface area (Å²) in [5.41, 5.74) is 1.78. The Morgan fingerprint density at radius 3 is 3.05 bits per heavy atom. The van der Waals surface area contributed by atoms with Crippen LogP contribution in [-0.4, -0.2) is 23.8 Å². The van der Waals surface area contributed by atoms with Crippen molar-refractivity contribution in [2.45, 2.75) is 17.7 Å². The van der Waals surface area contributed by atoms with E-state index in [1.807, 2.05) is 30.5 Å². The van der Waals surface area contributed by atoms with E-state index >= 15 is 0 Å². The number of carbonyl (C=O) groups is 1. The molecule has 2 aromatic rings. The van der Waals surface area contributed by atoms with Crippen molar-refractivity contribution in [1.82, 2.24) is 4.98 Å². The molecule has 0 unspecified atom stereocenters. The van der Waals surface area contributed by atoms with Crippen molar-refractivity contribution < 1.29 is 9.53 Å². The van der Waals surface area contributed by atoms with Gasteiger partial charge in [-0.2, -0.15) is 0 Å². The highest BCUT2D eigenvalue weighted by atomic mass is 32.2. The second-order valence-corrected chi connectivity index (χ2v) is 6.33. The molecule has 20 heavy (non-hydrogen) atoms. The first-order valence-electron chi connectivity index (χ1n) is 6.16. The van der Waals surface area contributed by atoms with Crippen LogP contribution in [0.15, 0.2) is 34.0 Å². The molecule has 0 aliphatic carbocycles. The highest BCUT2D eigenvalue weighted by Gasteiger charge is 2.05. The number of hydrogen-bond acceptors (Lipinski definition) is 5. The molecule has 1 amide bonds. The van der Waals surface area contributed by atoms with E-state index in [4.69, 9.17) is 4.74 Å². The summed E-state index contributed by atoms with van der Waals surface area (Å²) in [5.74, 6) is 1.46. The van der Waals surface area contributed by atoms with Gasteiger partial charge in [0.2, 0.25) is 5.91 Å². The average molecular weight is 308 g/mol. The zero-order valence-electron chi connectivity index (χ0n) is 11.4. The monoisotopic (exact) mass is 308 g/mol. The Kier molecular flexibility index (Phi) is 5.43. The summed E-state index contributed by atoms with van der Waals surface area (Å²) in [6.07, 6.45) is 0.459. The van der Waals surface area contributed by atoms with Crippen LogP contribution in [0.3, 0.4) is 0 Å². The Labute approximate surface area is 126 Å². The zero-order chi connectivity index (χ0) is 14.4. The van der Waals surface area contributed by atoms with Crippen molar-refractivity contribution in [3.63, 3.8) is 0 Å². The number of hydrogen-bond donors (Lipinski definition) is 1. The minimum absolute atomic E-state index is 0.000897. The smallest absolute Gasteiger partial charge is 0.225 e. The quantitative estimate of drug-likeness (QED) is 0.829. The predicted molar refractivity (Wildman–Crippen MR) is 83.8 cm³/mol. The fraction of sp³-hybridized carbons (Fsp3) is 0.286. The van der Waals surface area contributed by atoms with Gasteiger partial charge in [0, 0.05) is 35.0 Å². The lowest BCUT2D eigenvalue weighted by molar-refractivity contribution is -0.115. The van der Waals surface area contributed by atoms with Crippen molar-refractivity contribution in [2.75, 3.05) is 18.2 Å². The van der Waals surface area contributed by atoms with Gasteiger partial charge in [-0.15, -0.1) is 11.3 Å². The number of amides is 1. The van der Waals surface area contributed by atoms with Crippen LogP contribution in [0.2, 0.25) is 0 Å². The van der Waals surface area contributed by atoms with Crippen molar-refractivity contribution >= 4 is 34.7 Å². The van der Waals surface area contributed by atoms with Crippen molar-refractivity contribution in [1.29, 1.82) is 0 Å². The van der Waals surface area contributed by atoms with Gasteiger partial charge < -0.3 is 10.1 Å². The third-order valence-corrected chi connectivity index (χ3v) is 4.65. The molecule has 0 aliphatic heterocycles. The Morgan fingerprint density at radius 1 is 1.50 bits per heavy atom. The van der Waals surface area contributed by atoms with Gasteiger partial charge in [0.05, 0.1) is 7.11 Å². The molecular formula is C14H16N2O2S2. The van der Waals surface area contributed by atoms with E-state index in [0.717, 1.165) is 27.2 Å².